The highest BCUT2D eigenvalue weighted by Gasteiger charge is 2.24. The van der Waals surface area contributed by atoms with Gasteiger partial charge in [0.1, 0.15) is 9.84 Å². The van der Waals surface area contributed by atoms with Crippen molar-refractivity contribution in [1.29, 1.82) is 0 Å². The Hall–Kier alpha value is 0.260. The lowest BCUT2D eigenvalue weighted by atomic mass is 10.3. The van der Waals surface area contributed by atoms with Crippen molar-refractivity contribution in [3.63, 3.8) is 0 Å². The van der Waals surface area contributed by atoms with E-state index in [0.29, 0.717) is 11.0 Å². The highest BCUT2D eigenvalue weighted by Crippen LogP contribution is 2.28. The lowest BCUT2D eigenvalue weighted by Gasteiger charge is -2.13. The van der Waals surface area contributed by atoms with E-state index in [0.717, 1.165) is 12.8 Å². The first kappa shape index (κ1) is 11.3. The third-order valence-electron chi connectivity index (χ3n) is 2.29. The quantitative estimate of drug-likeness (QED) is 0.760. The number of sulfone groups is 1. The van der Waals surface area contributed by atoms with E-state index in [4.69, 9.17) is 5.73 Å². The SMILES string of the molecule is CS(=O)(=O)CCSC1CCCC1N. The fraction of sp³-hybridized carbons (Fsp3) is 1.00. The highest BCUT2D eigenvalue weighted by molar-refractivity contribution is 8.01. The summed E-state index contributed by atoms with van der Waals surface area (Å²) in [6.07, 6.45) is 4.71. The average molecular weight is 223 g/mol. The lowest BCUT2D eigenvalue weighted by Crippen LogP contribution is -2.27. The van der Waals surface area contributed by atoms with Crippen LogP contribution >= 0.6 is 11.8 Å². The summed E-state index contributed by atoms with van der Waals surface area (Å²) in [5, 5.41) is 0.488. The van der Waals surface area contributed by atoms with Crippen LogP contribution in [-0.2, 0) is 9.84 Å². The van der Waals surface area contributed by atoms with Gasteiger partial charge in [-0.1, -0.05) is 6.42 Å². The number of thioether (sulfide) groups is 1. The second-order valence-electron chi connectivity index (χ2n) is 3.63. The largest absolute Gasteiger partial charge is 0.327 e. The fourth-order valence-corrected chi connectivity index (χ4v) is 4.13. The first-order chi connectivity index (χ1) is 5.99. The maximum Gasteiger partial charge on any atom is 0.148 e. The van der Waals surface area contributed by atoms with Gasteiger partial charge in [-0.25, -0.2) is 8.42 Å². The lowest BCUT2D eigenvalue weighted by molar-refractivity contribution is 0.603. The summed E-state index contributed by atoms with van der Waals surface area (Å²) in [4.78, 5) is 0. The van der Waals surface area contributed by atoms with E-state index in [1.165, 1.54) is 12.7 Å². The topological polar surface area (TPSA) is 60.2 Å². The Kier molecular flexibility index (Phi) is 4.06. The molecular weight excluding hydrogens is 206 g/mol. The summed E-state index contributed by atoms with van der Waals surface area (Å²) >= 11 is 1.71. The molecule has 78 valence electrons. The molecule has 0 spiro atoms. The first-order valence-electron chi connectivity index (χ1n) is 4.54. The zero-order valence-electron chi connectivity index (χ0n) is 7.90. The van der Waals surface area contributed by atoms with Crippen molar-refractivity contribution in [2.24, 2.45) is 5.73 Å². The van der Waals surface area contributed by atoms with E-state index in [9.17, 15) is 8.42 Å². The van der Waals surface area contributed by atoms with Gasteiger partial charge in [-0.3, -0.25) is 0 Å². The Morgan fingerprint density at radius 3 is 2.62 bits per heavy atom. The van der Waals surface area contributed by atoms with E-state index in [1.54, 1.807) is 11.8 Å². The van der Waals surface area contributed by atoms with Gasteiger partial charge in [-0.2, -0.15) is 11.8 Å². The molecule has 3 nitrogen and oxygen atoms in total. The smallest absolute Gasteiger partial charge is 0.148 e. The van der Waals surface area contributed by atoms with Crippen molar-refractivity contribution in [3.8, 4) is 0 Å². The summed E-state index contributed by atoms with van der Waals surface area (Å²) in [7, 11) is -2.79. The summed E-state index contributed by atoms with van der Waals surface area (Å²) in [6.45, 7) is 0. The van der Waals surface area contributed by atoms with Crippen LogP contribution in [0.4, 0.5) is 0 Å². The van der Waals surface area contributed by atoms with E-state index in [2.05, 4.69) is 0 Å². The van der Waals surface area contributed by atoms with Gasteiger partial charge >= 0.3 is 0 Å². The van der Waals surface area contributed by atoms with Gasteiger partial charge in [0.05, 0.1) is 5.75 Å². The minimum atomic E-state index is -2.79. The standard InChI is InChI=1S/C8H17NO2S2/c1-13(10,11)6-5-12-8-4-2-3-7(8)9/h7-8H,2-6,9H2,1H3. The normalized spacial score (nSPS) is 29.4. The monoisotopic (exact) mass is 223 g/mol. The summed E-state index contributed by atoms with van der Waals surface area (Å²) in [5.74, 6) is 0.970. The van der Waals surface area contributed by atoms with Gasteiger partial charge in [-0.05, 0) is 12.8 Å². The molecule has 2 N–H and O–H groups in total. The van der Waals surface area contributed by atoms with Crippen LogP contribution in [-0.4, -0.2) is 37.5 Å². The molecule has 1 fully saturated rings. The maximum absolute atomic E-state index is 10.8. The molecule has 0 bridgehead atoms. The molecule has 5 heteroatoms. The van der Waals surface area contributed by atoms with E-state index in [1.807, 2.05) is 0 Å². The molecule has 0 aromatic heterocycles. The highest BCUT2D eigenvalue weighted by atomic mass is 32.2. The summed E-state index contributed by atoms with van der Waals surface area (Å²) in [5.41, 5.74) is 5.86. The molecule has 0 aromatic carbocycles. The molecule has 1 saturated carbocycles. The molecule has 0 radical (unpaired) electrons. The zero-order chi connectivity index (χ0) is 9.90. The number of hydrogen-bond acceptors (Lipinski definition) is 4. The average Bonchev–Trinajstić information content (AvgIpc) is 2.34. The molecule has 0 heterocycles. The van der Waals surface area contributed by atoms with E-state index >= 15 is 0 Å². The minimum absolute atomic E-state index is 0.279. The van der Waals surface area contributed by atoms with Gasteiger partial charge in [0.15, 0.2) is 0 Å². The molecule has 0 saturated heterocycles. The van der Waals surface area contributed by atoms with Crippen LogP contribution in [0.3, 0.4) is 0 Å². The third-order valence-corrected chi connectivity index (χ3v) is 4.95. The van der Waals surface area contributed by atoms with E-state index in [-0.39, 0.29) is 11.8 Å². The number of nitrogens with two attached hydrogens (primary N) is 1. The van der Waals surface area contributed by atoms with Gasteiger partial charge in [0, 0.05) is 23.3 Å². The van der Waals surface area contributed by atoms with Crippen molar-refractivity contribution in [2.45, 2.75) is 30.6 Å². The molecule has 2 unspecified atom stereocenters. The van der Waals surface area contributed by atoms with Crippen LogP contribution < -0.4 is 5.73 Å². The zero-order valence-corrected chi connectivity index (χ0v) is 9.53. The van der Waals surface area contributed by atoms with Gasteiger partial charge in [0.25, 0.3) is 0 Å². The Bertz CT molecular complexity index is 251. The minimum Gasteiger partial charge on any atom is -0.327 e. The Morgan fingerprint density at radius 1 is 1.46 bits per heavy atom. The second kappa shape index (κ2) is 4.66. The number of rotatable bonds is 4. The van der Waals surface area contributed by atoms with Crippen molar-refractivity contribution in [3.05, 3.63) is 0 Å². The number of hydrogen-bond donors (Lipinski definition) is 1. The second-order valence-corrected chi connectivity index (χ2v) is 7.24. The first-order valence-corrected chi connectivity index (χ1v) is 7.65. The van der Waals surface area contributed by atoms with Crippen molar-refractivity contribution >= 4 is 21.6 Å². The molecule has 0 aliphatic heterocycles. The molecule has 1 rings (SSSR count). The van der Waals surface area contributed by atoms with Crippen molar-refractivity contribution < 1.29 is 8.42 Å². The van der Waals surface area contributed by atoms with Gasteiger partial charge in [0.2, 0.25) is 0 Å². The predicted molar refractivity (Wildman–Crippen MR) is 57.8 cm³/mol. The van der Waals surface area contributed by atoms with Crippen LogP contribution in [0.1, 0.15) is 19.3 Å². The molecule has 2 atom stereocenters. The van der Waals surface area contributed by atoms with E-state index < -0.39 is 9.84 Å². The van der Waals surface area contributed by atoms with Crippen LogP contribution in [0, 0.1) is 0 Å². The van der Waals surface area contributed by atoms with Gasteiger partial charge < -0.3 is 5.73 Å². The molecule has 13 heavy (non-hydrogen) atoms. The fourth-order valence-electron chi connectivity index (χ4n) is 1.51. The van der Waals surface area contributed by atoms with Crippen LogP contribution in [0.15, 0.2) is 0 Å². The van der Waals surface area contributed by atoms with Crippen LogP contribution in [0.5, 0.6) is 0 Å². The summed E-state index contributed by atoms with van der Waals surface area (Å²) in [6, 6.07) is 0.282. The Morgan fingerprint density at radius 2 is 2.15 bits per heavy atom. The van der Waals surface area contributed by atoms with Crippen molar-refractivity contribution in [1.82, 2.24) is 0 Å². The Balaban J connectivity index is 2.19. The molecule has 1 aliphatic carbocycles. The molecule has 1 aliphatic rings. The van der Waals surface area contributed by atoms with Crippen LogP contribution in [0.25, 0.3) is 0 Å². The molecular formula is C8H17NO2S2. The Labute approximate surface area is 84.4 Å². The third kappa shape index (κ3) is 4.33. The predicted octanol–water partition coefficient (Wildman–Crippen LogP) is 0.644. The maximum atomic E-state index is 10.8. The van der Waals surface area contributed by atoms with Crippen molar-refractivity contribution in [2.75, 3.05) is 17.8 Å². The van der Waals surface area contributed by atoms with Crippen LogP contribution in [0.2, 0.25) is 0 Å². The molecule has 0 amide bonds. The van der Waals surface area contributed by atoms with Gasteiger partial charge in [-0.15, -0.1) is 0 Å². The molecule has 0 aromatic rings. The summed E-state index contributed by atoms with van der Waals surface area (Å²) < 4.78 is 21.7.